The number of hydrogen-bond donors (Lipinski definition) is 0. The zero-order valence-electron chi connectivity index (χ0n) is 32.0. The highest BCUT2D eigenvalue weighted by Crippen LogP contribution is 2.17. The monoisotopic (exact) mass is 686 g/mol. The van der Waals surface area contributed by atoms with Crippen molar-refractivity contribution < 1.29 is 14.4 Å². The van der Waals surface area contributed by atoms with Crippen molar-refractivity contribution >= 4 is 53.4 Å². The van der Waals surface area contributed by atoms with Crippen LogP contribution in [0.5, 0.6) is 0 Å². The van der Waals surface area contributed by atoms with Crippen LogP contribution in [0.4, 0.5) is 27.5 Å². The van der Waals surface area contributed by atoms with Crippen molar-refractivity contribution in [2.75, 3.05) is 105 Å². The SMILES string of the molecule is CC=Nc1ccc(N(C)C)cc1.CN(C)c1ccc(C=O)cc1.CN1CCCC1=O.CN1CCN(C)C1=O.CN=Cc1ccc(N(C)C)cc1. The maximum atomic E-state index is 10.8. The Morgan fingerprint density at radius 1 is 0.620 bits per heavy atom. The molecule has 0 unspecified atom stereocenters. The number of hydrogen-bond acceptors (Lipinski definition) is 8. The minimum atomic E-state index is 0.130. The van der Waals surface area contributed by atoms with E-state index in [-0.39, 0.29) is 6.03 Å². The fraction of sp³-hybridized carbons (Fsp3) is 0.410. The summed E-state index contributed by atoms with van der Waals surface area (Å²) in [5.74, 6) is 0.292. The lowest BCUT2D eigenvalue weighted by molar-refractivity contribution is -0.126. The second kappa shape index (κ2) is 23.2. The Hall–Kier alpha value is -5.19. The van der Waals surface area contributed by atoms with Gasteiger partial charge in [0.1, 0.15) is 6.29 Å². The van der Waals surface area contributed by atoms with Crippen LogP contribution in [0.3, 0.4) is 0 Å². The summed E-state index contributed by atoms with van der Waals surface area (Å²) in [5, 5.41) is 0. The number of rotatable bonds is 6. The Kier molecular flexibility index (Phi) is 19.9. The third kappa shape index (κ3) is 16.3. The molecule has 3 aromatic carbocycles. The number of likely N-dealkylation sites (tertiary alicyclic amines) is 1. The highest BCUT2D eigenvalue weighted by atomic mass is 16.2. The van der Waals surface area contributed by atoms with Gasteiger partial charge in [-0.2, -0.15) is 0 Å². The summed E-state index contributed by atoms with van der Waals surface area (Å²) >= 11 is 0. The number of urea groups is 1. The molecule has 2 fully saturated rings. The van der Waals surface area contributed by atoms with Crippen molar-refractivity contribution in [3.05, 3.63) is 83.9 Å². The molecule has 50 heavy (non-hydrogen) atoms. The van der Waals surface area contributed by atoms with Crippen LogP contribution in [-0.4, -0.2) is 135 Å². The number of carbonyl (C=O) groups is 3. The van der Waals surface area contributed by atoms with Crippen LogP contribution in [0.2, 0.25) is 0 Å². The topological polar surface area (TPSA) is 95.4 Å². The van der Waals surface area contributed by atoms with Crippen LogP contribution in [-0.2, 0) is 4.79 Å². The normalized spacial score (nSPS) is 13.4. The summed E-state index contributed by atoms with van der Waals surface area (Å²) < 4.78 is 0. The third-order valence-corrected chi connectivity index (χ3v) is 7.61. The van der Waals surface area contributed by atoms with Gasteiger partial charge in [-0.3, -0.25) is 19.6 Å². The van der Waals surface area contributed by atoms with E-state index in [4.69, 9.17) is 0 Å². The van der Waals surface area contributed by atoms with Gasteiger partial charge in [-0.15, -0.1) is 0 Å². The second-order valence-electron chi connectivity index (χ2n) is 12.3. The fourth-order valence-corrected chi connectivity index (χ4v) is 4.41. The molecule has 0 atom stereocenters. The lowest BCUT2D eigenvalue weighted by atomic mass is 10.2. The van der Waals surface area contributed by atoms with E-state index in [9.17, 15) is 14.4 Å². The van der Waals surface area contributed by atoms with Crippen LogP contribution in [0.15, 0.2) is 82.8 Å². The fourth-order valence-electron chi connectivity index (χ4n) is 4.41. The number of amides is 3. The summed E-state index contributed by atoms with van der Waals surface area (Å²) in [6.07, 6.45) is 6.30. The Labute approximate surface area is 300 Å². The van der Waals surface area contributed by atoms with Gasteiger partial charge >= 0.3 is 6.03 Å². The molecule has 0 N–H and O–H groups in total. The first-order valence-corrected chi connectivity index (χ1v) is 16.6. The van der Waals surface area contributed by atoms with Gasteiger partial charge in [-0.05, 0) is 79.6 Å². The standard InChI is InChI=1S/2C10H14N2.C9H11NO.C5H10N2O.C5H9NO/c1-11-8-9-4-6-10(7-5-9)12(2)3;1-4-11-9-5-7-10(8-6-9)12(2)3;1-10(2)9-5-3-8(7-11)4-6-9;1-6-3-4-7(2)5(6)8;1-6-4-2-3-5(6)7/h2*4-8H,1-3H3;3-7H,1-2H3;3-4H2,1-2H3;2-4H2,1H3. The lowest BCUT2D eigenvalue weighted by Crippen LogP contribution is -2.25. The van der Waals surface area contributed by atoms with Gasteiger partial charge < -0.3 is 29.4 Å². The predicted molar refractivity (Wildman–Crippen MR) is 213 cm³/mol. The number of anilines is 3. The van der Waals surface area contributed by atoms with Crippen molar-refractivity contribution in [3.8, 4) is 0 Å². The van der Waals surface area contributed by atoms with Gasteiger partial charge in [0.25, 0.3) is 0 Å². The van der Waals surface area contributed by atoms with Gasteiger partial charge in [0.2, 0.25) is 5.91 Å². The van der Waals surface area contributed by atoms with E-state index in [1.165, 1.54) is 11.4 Å². The molecule has 0 aromatic heterocycles. The molecule has 2 aliphatic rings. The molecule has 11 nitrogen and oxygen atoms in total. The lowest BCUT2D eigenvalue weighted by Gasteiger charge is -2.11. The number of likely N-dealkylation sites (N-methyl/N-ethyl adjacent to an activating group) is 2. The van der Waals surface area contributed by atoms with Crippen molar-refractivity contribution in [3.63, 3.8) is 0 Å². The first kappa shape index (κ1) is 42.8. The minimum Gasteiger partial charge on any atom is -0.378 e. The highest BCUT2D eigenvalue weighted by Gasteiger charge is 2.20. The molecule has 2 saturated heterocycles. The second-order valence-corrected chi connectivity index (χ2v) is 12.3. The summed E-state index contributed by atoms with van der Waals surface area (Å²) in [5.41, 5.74) is 6.38. The Balaban J connectivity index is 0.000000317. The molecule has 11 heteroatoms. The smallest absolute Gasteiger partial charge is 0.319 e. The predicted octanol–water partition coefficient (Wildman–Crippen LogP) is 6.06. The summed E-state index contributed by atoms with van der Waals surface area (Å²) in [6, 6.07) is 24.0. The maximum absolute atomic E-state index is 10.8. The highest BCUT2D eigenvalue weighted by molar-refractivity contribution is 5.80. The molecular formula is C39H58N8O3. The molecule has 5 rings (SSSR count). The summed E-state index contributed by atoms with van der Waals surface area (Å²) in [4.78, 5) is 51.0. The van der Waals surface area contributed by atoms with Crippen LogP contribution >= 0.6 is 0 Å². The van der Waals surface area contributed by atoms with Crippen LogP contribution in [0.25, 0.3) is 0 Å². The molecule has 3 aromatic rings. The first-order valence-electron chi connectivity index (χ1n) is 16.6. The first-order chi connectivity index (χ1) is 23.7. The number of nitrogens with zero attached hydrogens (tertiary/aromatic N) is 8. The van der Waals surface area contributed by atoms with E-state index in [1.54, 1.807) is 28.0 Å². The van der Waals surface area contributed by atoms with E-state index < -0.39 is 0 Å². The van der Waals surface area contributed by atoms with Crippen molar-refractivity contribution in [2.45, 2.75) is 19.8 Å². The molecule has 2 heterocycles. The molecular weight excluding hydrogens is 628 g/mol. The van der Waals surface area contributed by atoms with Crippen LogP contribution in [0.1, 0.15) is 35.7 Å². The average molecular weight is 687 g/mol. The zero-order valence-corrected chi connectivity index (χ0v) is 32.0. The Bertz CT molecular complexity index is 1400. The van der Waals surface area contributed by atoms with Gasteiger partial charge in [0.05, 0.1) is 5.69 Å². The van der Waals surface area contributed by atoms with Gasteiger partial charge in [0, 0.05) is 132 Å². The molecule has 0 saturated carbocycles. The zero-order chi connectivity index (χ0) is 37.6. The van der Waals surface area contributed by atoms with Gasteiger partial charge in [-0.25, -0.2) is 4.79 Å². The quantitative estimate of drug-likeness (QED) is 0.231. The average Bonchev–Trinajstić information content (AvgIpc) is 3.63. The van der Waals surface area contributed by atoms with E-state index in [0.29, 0.717) is 5.91 Å². The molecule has 272 valence electrons. The number of aldehydes is 1. The van der Waals surface area contributed by atoms with Gasteiger partial charge in [0.15, 0.2) is 0 Å². The van der Waals surface area contributed by atoms with E-state index in [1.807, 2.05) is 118 Å². The third-order valence-electron chi connectivity index (χ3n) is 7.61. The Morgan fingerprint density at radius 3 is 1.30 bits per heavy atom. The van der Waals surface area contributed by atoms with E-state index in [0.717, 1.165) is 61.3 Å². The van der Waals surface area contributed by atoms with E-state index in [2.05, 4.69) is 56.2 Å². The number of carbonyl (C=O) groups excluding carboxylic acids is 3. The maximum Gasteiger partial charge on any atom is 0.319 e. The molecule has 0 radical (unpaired) electrons. The molecule has 3 amide bonds. The minimum absolute atomic E-state index is 0.130. The summed E-state index contributed by atoms with van der Waals surface area (Å²) in [6.45, 7) is 4.61. The number of aliphatic imine (C=N–C) groups is 2. The molecule has 0 aliphatic carbocycles. The van der Waals surface area contributed by atoms with Crippen molar-refractivity contribution in [1.29, 1.82) is 0 Å². The van der Waals surface area contributed by atoms with E-state index >= 15 is 0 Å². The van der Waals surface area contributed by atoms with Crippen molar-refractivity contribution in [2.24, 2.45) is 9.98 Å². The summed E-state index contributed by atoms with van der Waals surface area (Å²) in [7, 11) is 19.3. The van der Waals surface area contributed by atoms with Crippen LogP contribution in [0, 0.1) is 0 Å². The molecule has 0 bridgehead atoms. The van der Waals surface area contributed by atoms with Crippen LogP contribution < -0.4 is 14.7 Å². The van der Waals surface area contributed by atoms with Gasteiger partial charge in [-0.1, -0.05) is 12.1 Å². The largest absolute Gasteiger partial charge is 0.378 e. The number of benzene rings is 3. The molecule has 2 aliphatic heterocycles. The van der Waals surface area contributed by atoms with Crippen molar-refractivity contribution in [1.82, 2.24) is 14.7 Å². The molecule has 0 spiro atoms. The Morgan fingerprint density at radius 2 is 1.04 bits per heavy atom.